The summed E-state index contributed by atoms with van der Waals surface area (Å²) in [6.45, 7) is 4.26. The molecule has 1 aliphatic rings. The number of hydrogen-bond acceptors (Lipinski definition) is 6. The number of aromatic amines is 1. The van der Waals surface area contributed by atoms with Crippen molar-refractivity contribution in [3.63, 3.8) is 0 Å². The highest BCUT2D eigenvalue weighted by molar-refractivity contribution is 6.16. The number of likely N-dealkylation sites (N-methyl/N-ethyl adjacent to an activating group) is 1. The van der Waals surface area contributed by atoms with Crippen LogP contribution in [0.25, 0.3) is 10.9 Å². The molecule has 0 spiro atoms. The van der Waals surface area contributed by atoms with Crippen molar-refractivity contribution in [2.24, 2.45) is 0 Å². The van der Waals surface area contributed by atoms with E-state index in [1.807, 2.05) is 6.92 Å². The summed E-state index contributed by atoms with van der Waals surface area (Å²) in [5.74, 6) is -3.59. The summed E-state index contributed by atoms with van der Waals surface area (Å²) in [6.07, 6.45) is 0.780. The first-order valence-electron chi connectivity index (χ1n) is 13.4. The summed E-state index contributed by atoms with van der Waals surface area (Å²) in [4.78, 5) is 44.7. The van der Waals surface area contributed by atoms with Gasteiger partial charge in [-0.3, -0.25) is 14.4 Å². The number of rotatable bonds is 13. The number of fused-ring (bicyclic) bond motifs is 1. The number of aromatic nitrogens is 1. The number of H-pyrrole nitrogens is 1. The lowest BCUT2D eigenvalue weighted by Crippen LogP contribution is -2.52. The van der Waals surface area contributed by atoms with Crippen molar-refractivity contribution >= 4 is 34.3 Å². The van der Waals surface area contributed by atoms with E-state index in [0.717, 1.165) is 18.6 Å². The fourth-order valence-electron chi connectivity index (χ4n) is 4.58. The molecule has 41 heavy (non-hydrogen) atoms. The minimum atomic E-state index is -2.33. The first kappa shape index (κ1) is 30.1. The van der Waals surface area contributed by atoms with Crippen molar-refractivity contribution in [2.75, 3.05) is 51.5 Å². The van der Waals surface area contributed by atoms with Gasteiger partial charge in [-0.05, 0) is 48.4 Å². The zero-order chi connectivity index (χ0) is 29.6. The van der Waals surface area contributed by atoms with Gasteiger partial charge in [0.25, 0.3) is 17.7 Å². The molecule has 0 radical (unpaired) electrons. The molecule has 4 rings (SSSR count). The standard InChI is InChI=1S/C29H34F2N4O6/c1-3-9-40-11-12-41-10-8-34(2)26(36)25-16-20-15-23(4-5-24(20)33-25)35-7-6-29(39,28(35)38)27(37)32-18-19-13-21(30)17-22(31)14-19/h4-5,13-17,33,39H,3,6-12,18H2,1-2H3,(H,32,37). The summed E-state index contributed by atoms with van der Waals surface area (Å²) in [6, 6.07) is 9.55. The normalized spacial score (nSPS) is 16.9. The van der Waals surface area contributed by atoms with Gasteiger partial charge >= 0.3 is 0 Å². The van der Waals surface area contributed by atoms with Gasteiger partial charge in [0, 0.05) is 62.4 Å². The highest BCUT2D eigenvalue weighted by Crippen LogP contribution is 2.31. The Hall–Kier alpha value is -3.87. The van der Waals surface area contributed by atoms with Crippen LogP contribution in [0.5, 0.6) is 0 Å². The molecule has 0 saturated carbocycles. The predicted octanol–water partition coefficient (Wildman–Crippen LogP) is 2.75. The number of amides is 3. The first-order chi connectivity index (χ1) is 19.6. The first-order valence-corrected chi connectivity index (χ1v) is 13.4. The molecule has 10 nitrogen and oxygen atoms in total. The topological polar surface area (TPSA) is 124 Å². The monoisotopic (exact) mass is 572 g/mol. The molecule has 2 aromatic carbocycles. The summed E-state index contributed by atoms with van der Waals surface area (Å²) < 4.78 is 37.7. The van der Waals surface area contributed by atoms with Crippen LogP contribution in [-0.2, 0) is 25.6 Å². The van der Waals surface area contributed by atoms with Crippen LogP contribution in [0.1, 0.15) is 35.8 Å². The summed E-state index contributed by atoms with van der Waals surface area (Å²) >= 11 is 0. The van der Waals surface area contributed by atoms with E-state index in [0.29, 0.717) is 61.3 Å². The number of hydrogen-bond donors (Lipinski definition) is 3. The van der Waals surface area contributed by atoms with Crippen molar-refractivity contribution in [3.05, 3.63) is 65.4 Å². The number of benzene rings is 2. The number of aliphatic hydroxyl groups is 1. The number of anilines is 1. The van der Waals surface area contributed by atoms with Gasteiger partial charge in [0.2, 0.25) is 5.60 Å². The fourth-order valence-corrected chi connectivity index (χ4v) is 4.58. The zero-order valence-corrected chi connectivity index (χ0v) is 23.0. The van der Waals surface area contributed by atoms with Gasteiger partial charge in [-0.1, -0.05) is 6.92 Å². The van der Waals surface area contributed by atoms with E-state index >= 15 is 0 Å². The molecular weight excluding hydrogens is 538 g/mol. The van der Waals surface area contributed by atoms with Crippen molar-refractivity contribution < 1.29 is 37.7 Å². The second-order valence-electron chi connectivity index (χ2n) is 9.93. The molecule has 3 N–H and O–H groups in total. The predicted molar refractivity (Wildman–Crippen MR) is 147 cm³/mol. The van der Waals surface area contributed by atoms with Crippen molar-refractivity contribution in [1.82, 2.24) is 15.2 Å². The van der Waals surface area contributed by atoms with Crippen LogP contribution in [-0.4, -0.2) is 84.9 Å². The van der Waals surface area contributed by atoms with E-state index in [2.05, 4.69) is 10.3 Å². The molecule has 12 heteroatoms. The van der Waals surface area contributed by atoms with Crippen LogP contribution in [0.15, 0.2) is 42.5 Å². The number of nitrogens with one attached hydrogen (secondary N) is 2. The van der Waals surface area contributed by atoms with Gasteiger partial charge < -0.3 is 34.7 Å². The van der Waals surface area contributed by atoms with Crippen LogP contribution >= 0.6 is 0 Å². The molecular formula is C29H34F2N4O6. The molecule has 2 heterocycles. The maximum Gasteiger partial charge on any atom is 0.270 e. The average Bonchev–Trinajstić information content (AvgIpc) is 3.50. The lowest BCUT2D eigenvalue weighted by molar-refractivity contribution is -0.149. The number of carbonyl (C=O) groups is 3. The van der Waals surface area contributed by atoms with Crippen LogP contribution in [0.4, 0.5) is 14.5 Å². The second kappa shape index (κ2) is 13.2. The van der Waals surface area contributed by atoms with Gasteiger partial charge in [-0.2, -0.15) is 0 Å². The van der Waals surface area contributed by atoms with E-state index in [4.69, 9.17) is 9.47 Å². The molecule has 0 aliphatic carbocycles. The Kier molecular flexibility index (Phi) is 9.69. The van der Waals surface area contributed by atoms with Gasteiger partial charge in [0.15, 0.2) is 0 Å². The third-order valence-corrected chi connectivity index (χ3v) is 6.83. The minimum Gasteiger partial charge on any atom is -0.379 e. The molecule has 1 fully saturated rings. The Bertz CT molecular complexity index is 1390. The third-order valence-electron chi connectivity index (χ3n) is 6.83. The van der Waals surface area contributed by atoms with Crippen LogP contribution in [0, 0.1) is 11.6 Å². The molecule has 3 amide bonds. The lowest BCUT2D eigenvalue weighted by atomic mass is 10.0. The largest absolute Gasteiger partial charge is 0.379 e. The van der Waals surface area contributed by atoms with E-state index in [-0.39, 0.29) is 31.0 Å². The Labute approximate surface area is 236 Å². The van der Waals surface area contributed by atoms with E-state index in [1.165, 1.54) is 4.90 Å². The third kappa shape index (κ3) is 7.07. The van der Waals surface area contributed by atoms with Crippen molar-refractivity contribution in [2.45, 2.75) is 31.9 Å². The summed E-state index contributed by atoms with van der Waals surface area (Å²) in [5.41, 5.74) is -0.684. The molecule has 3 aromatic rings. The number of nitrogens with zero attached hydrogens (tertiary/aromatic N) is 2. The Morgan fingerprint density at radius 3 is 2.49 bits per heavy atom. The molecule has 1 atom stereocenters. The fraction of sp³-hybridized carbons (Fsp3) is 0.414. The van der Waals surface area contributed by atoms with Gasteiger partial charge in [0.1, 0.15) is 17.3 Å². The molecule has 1 saturated heterocycles. The molecule has 1 aromatic heterocycles. The highest BCUT2D eigenvalue weighted by atomic mass is 19.1. The smallest absolute Gasteiger partial charge is 0.270 e. The second-order valence-corrected chi connectivity index (χ2v) is 9.93. The van der Waals surface area contributed by atoms with Gasteiger partial charge in [-0.15, -0.1) is 0 Å². The number of ether oxygens (including phenoxy) is 2. The zero-order valence-electron chi connectivity index (χ0n) is 23.0. The van der Waals surface area contributed by atoms with Crippen molar-refractivity contribution in [3.8, 4) is 0 Å². The van der Waals surface area contributed by atoms with E-state index in [1.54, 1.807) is 36.2 Å². The van der Waals surface area contributed by atoms with Crippen molar-refractivity contribution in [1.29, 1.82) is 0 Å². The van der Waals surface area contributed by atoms with Gasteiger partial charge in [0.05, 0.1) is 19.8 Å². The maximum absolute atomic E-state index is 13.4. The van der Waals surface area contributed by atoms with Crippen LogP contribution in [0.3, 0.4) is 0 Å². The molecule has 1 aliphatic heterocycles. The van der Waals surface area contributed by atoms with Crippen LogP contribution in [0.2, 0.25) is 0 Å². The minimum absolute atomic E-state index is 0.0747. The Balaban J connectivity index is 1.36. The Morgan fingerprint density at radius 1 is 1.07 bits per heavy atom. The number of carbonyl (C=O) groups excluding carboxylic acids is 3. The number of halogens is 2. The quantitative estimate of drug-likeness (QED) is 0.214. The lowest BCUT2D eigenvalue weighted by Gasteiger charge is -2.22. The van der Waals surface area contributed by atoms with E-state index < -0.39 is 29.0 Å². The maximum atomic E-state index is 13.4. The summed E-state index contributed by atoms with van der Waals surface area (Å²) in [7, 11) is 1.68. The average molecular weight is 573 g/mol. The molecule has 1 unspecified atom stereocenters. The summed E-state index contributed by atoms with van der Waals surface area (Å²) in [5, 5.41) is 14.0. The Morgan fingerprint density at radius 2 is 1.78 bits per heavy atom. The SMILES string of the molecule is CCCOCCOCCN(C)C(=O)c1cc2cc(N3CCC(O)(C(=O)NCc4cc(F)cc(F)c4)C3=O)ccc2[nH]1. The molecule has 220 valence electrons. The van der Waals surface area contributed by atoms with Gasteiger partial charge in [-0.25, -0.2) is 8.78 Å². The highest BCUT2D eigenvalue weighted by Gasteiger charge is 2.51. The van der Waals surface area contributed by atoms with Crippen LogP contribution < -0.4 is 10.2 Å². The van der Waals surface area contributed by atoms with E-state index in [9.17, 15) is 28.3 Å². The molecule has 0 bridgehead atoms.